The van der Waals surface area contributed by atoms with E-state index in [1.54, 1.807) is 30.0 Å². The van der Waals surface area contributed by atoms with Crippen LogP contribution in [0, 0.1) is 0 Å². The van der Waals surface area contributed by atoms with Gasteiger partial charge < -0.3 is 10.2 Å². The zero-order valence-electron chi connectivity index (χ0n) is 16.3. The van der Waals surface area contributed by atoms with Crippen molar-refractivity contribution in [3.8, 4) is 0 Å². The molecule has 0 heterocycles. The summed E-state index contributed by atoms with van der Waals surface area (Å²) in [5.41, 5.74) is 1.85. The van der Waals surface area contributed by atoms with Gasteiger partial charge in [-0.15, -0.1) is 11.8 Å². The van der Waals surface area contributed by atoms with Crippen LogP contribution in [-0.2, 0) is 21.9 Å². The van der Waals surface area contributed by atoms with Crippen molar-refractivity contribution in [1.29, 1.82) is 0 Å². The first kappa shape index (κ1) is 23.9. The molecule has 0 bridgehead atoms. The molecule has 2 aromatic carbocycles. The molecule has 0 aromatic heterocycles. The van der Waals surface area contributed by atoms with Crippen molar-refractivity contribution >= 4 is 58.4 Å². The summed E-state index contributed by atoms with van der Waals surface area (Å²) >= 11 is 19.6. The quantitative estimate of drug-likeness (QED) is 0.528. The number of carbonyl (C=O) groups is 2. The van der Waals surface area contributed by atoms with Crippen molar-refractivity contribution < 1.29 is 9.59 Å². The van der Waals surface area contributed by atoms with Crippen molar-refractivity contribution in [3.63, 3.8) is 0 Å². The van der Waals surface area contributed by atoms with Gasteiger partial charge in [-0.1, -0.05) is 53.0 Å². The molecule has 0 saturated carbocycles. The van der Waals surface area contributed by atoms with E-state index in [4.69, 9.17) is 34.8 Å². The molecular formula is C21H23Cl3N2O2S. The highest BCUT2D eigenvalue weighted by molar-refractivity contribution is 7.99. The average Bonchev–Trinajstić information content (AvgIpc) is 2.68. The molecule has 2 aromatic rings. The minimum Gasteiger partial charge on any atom is -0.355 e. The summed E-state index contributed by atoms with van der Waals surface area (Å²) in [5.74, 6) is 0.586. The Bertz CT molecular complexity index is 864. The number of rotatable bonds is 9. The molecule has 2 rings (SSSR count). The lowest BCUT2D eigenvalue weighted by Gasteiger charge is -2.28. The molecule has 0 aliphatic heterocycles. The van der Waals surface area contributed by atoms with Crippen LogP contribution in [0.3, 0.4) is 0 Å². The summed E-state index contributed by atoms with van der Waals surface area (Å²) in [7, 11) is 0. The Morgan fingerprint density at radius 2 is 1.83 bits per heavy atom. The van der Waals surface area contributed by atoms with Crippen molar-refractivity contribution in [2.45, 2.75) is 32.2 Å². The monoisotopic (exact) mass is 472 g/mol. The number of nitrogens with one attached hydrogen (secondary N) is 1. The molecule has 0 aliphatic rings. The number of thioether (sulfide) groups is 1. The van der Waals surface area contributed by atoms with Crippen LogP contribution < -0.4 is 5.32 Å². The van der Waals surface area contributed by atoms with E-state index < -0.39 is 6.04 Å². The molecule has 0 radical (unpaired) electrons. The van der Waals surface area contributed by atoms with E-state index in [1.165, 1.54) is 11.8 Å². The van der Waals surface area contributed by atoms with E-state index in [-0.39, 0.29) is 24.1 Å². The van der Waals surface area contributed by atoms with Crippen LogP contribution in [-0.4, -0.2) is 35.1 Å². The number of likely N-dealkylation sites (N-methyl/N-ethyl adjacent to an activating group) is 1. The Balaban J connectivity index is 2.08. The Hall–Kier alpha value is -1.40. The van der Waals surface area contributed by atoms with E-state index in [1.807, 2.05) is 31.2 Å². The second-order valence-corrected chi connectivity index (χ2v) is 8.70. The van der Waals surface area contributed by atoms with E-state index in [2.05, 4.69) is 5.32 Å². The van der Waals surface area contributed by atoms with Gasteiger partial charge in [-0.2, -0.15) is 0 Å². The van der Waals surface area contributed by atoms with Crippen LogP contribution in [0.1, 0.15) is 25.0 Å². The summed E-state index contributed by atoms with van der Waals surface area (Å²) in [6.07, 6.45) is 0. The summed E-state index contributed by atoms with van der Waals surface area (Å²) in [4.78, 5) is 26.9. The Labute approximate surface area is 190 Å². The topological polar surface area (TPSA) is 49.4 Å². The van der Waals surface area contributed by atoms with E-state index >= 15 is 0 Å². The standard InChI is InChI=1S/C21H23Cl3N2O2S/c1-3-25-21(28)14(2)26(11-15-7-8-18(23)19(24)10-15)20(27)13-29-12-16-5-4-6-17(22)9-16/h4-10,14H,3,11-13H2,1-2H3,(H,25,28)/t14-/m1/s1. The van der Waals surface area contributed by atoms with Gasteiger partial charge in [-0.25, -0.2) is 0 Å². The highest BCUT2D eigenvalue weighted by atomic mass is 35.5. The van der Waals surface area contributed by atoms with Crippen molar-refractivity contribution in [3.05, 3.63) is 68.7 Å². The molecule has 2 amide bonds. The Morgan fingerprint density at radius 3 is 2.48 bits per heavy atom. The minimum absolute atomic E-state index is 0.123. The van der Waals surface area contributed by atoms with Gasteiger partial charge in [-0.05, 0) is 49.2 Å². The maximum Gasteiger partial charge on any atom is 0.242 e. The molecule has 0 aliphatic carbocycles. The van der Waals surface area contributed by atoms with E-state index in [0.717, 1.165) is 11.1 Å². The third kappa shape index (κ3) is 7.41. The first-order valence-corrected chi connectivity index (χ1v) is 11.4. The lowest BCUT2D eigenvalue weighted by molar-refractivity contribution is -0.138. The smallest absolute Gasteiger partial charge is 0.242 e. The Morgan fingerprint density at radius 1 is 1.07 bits per heavy atom. The van der Waals surface area contributed by atoms with Gasteiger partial charge in [0.1, 0.15) is 6.04 Å². The molecule has 4 nitrogen and oxygen atoms in total. The number of amides is 2. The van der Waals surface area contributed by atoms with Gasteiger partial charge in [0.05, 0.1) is 15.8 Å². The maximum absolute atomic E-state index is 12.9. The molecule has 0 fully saturated rings. The molecule has 0 spiro atoms. The zero-order chi connectivity index (χ0) is 21.4. The third-order valence-corrected chi connectivity index (χ3v) is 6.20. The number of carbonyl (C=O) groups excluding carboxylic acids is 2. The number of hydrogen-bond acceptors (Lipinski definition) is 3. The van der Waals surface area contributed by atoms with Gasteiger partial charge in [-0.3, -0.25) is 9.59 Å². The average molecular weight is 474 g/mol. The highest BCUT2D eigenvalue weighted by Crippen LogP contribution is 2.24. The van der Waals surface area contributed by atoms with Crippen LogP contribution in [0.15, 0.2) is 42.5 Å². The van der Waals surface area contributed by atoms with Gasteiger partial charge in [0.15, 0.2) is 0 Å². The molecular weight excluding hydrogens is 451 g/mol. The van der Waals surface area contributed by atoms with Gasteiger partial charge in [0, 0.05) is 23.9 Å². The molecule has 29 heavy (non-hydrogen) atoms. The SMILES string of the molecule is CCNC(=O)[C@@H](C)N(Cc1ccc(Cl)c(Cl)c1)C(=O)CSCc1cccc(Cl)c1. The van der Waals surface area contributed by atoms with Crippen LogP contribution in [0.4, 0.5) is 0 Å². The van der Waals surface area contributed by atoms with E-state index in [0.29, 0.717) is 27.4 Å². The largest absolute Gasteiger partial charge is 0.355 e. The van der Waals surface area contributed by atoms with Crippen molar-refractivity contribution in [2.24, 2.45) is 0 Å². The number of hydrogen-bond donors (Lipinski definition) is 1. The molecule has 0 saturated heterocycles. The van der Waals surface area contributed by atoms with Crippen LogP contribution >= 0.6 is 46.6 Å². The predicted molar refractivity (Wildman–Crippen MR) is 123 cm³/mol. The van der Waals surface area contributed by atoms with Crippen LogP contribution in [0.25, 0.3) is 0 Å². The molecule has 0 unspecified atom stereocenters. The van der Waals surface area contributed by atoms with Gasteiger partial charge in [0.25, 0.3) is 0 Å². The van der Waals surface area contributed by atoms with Gasteiger partial charge >= 0.3 is 0 Å². The summed E-state index contributed by atoms with van der Waals surface area (Å²) in [6, 6.07) is 12.1. The van der Waals surface area contributed by atoms with Gasteiger partial charge in [0.2, 0.25) is 11.8 Å². The van der Waals surface area contributed by atoms with Crippen molar-refractivity contribution in [1.82, 2.24) is 10.2 Å². The fraction of sp³-hybridized carbons (Fsp3) is 0.333. The second-order valence-electron chi connectivity index (χ2n) is 6.46. The number of nitrogens with zero attached hydrogens (tertiary/aromatic N) is 1. The summed E-state index contributed by atoms with van der Waals surface area (Å²) in [6.45, 7) is 4.34. The number of benzene rings is 2. The minimum atomic E-state index is -0.608. The first-order chi connectivity index (χ1) is 13.8. The Kier molecular flexibility index (Phi) is 9.63. The lowest BCUT2D eigenvalue weighted by Crippen LogP contribution is -2.48. The zero-order valence-corrected chi connectivity index (χ0v) is 19.3. The molecule has 1 N–H and O–H groups in total. The predicted octanol–water partition coefficient (Wildman–Crippen LogP) is 5.43. The molecule has 156 valence electrons. The van der Waals surface area contributed by atoms with Crippen LogP contribution in [0.2, 0.25) is 15.1 Å². The fourth-order valence-corrected chi connectivity index (χ4v) is 4.10. The summed E-state index contributed by atoms with van der Waals surface area (Å²) < 4.78 is 0. The molecule has 8 heteroatoms. The fourth-order valence-electron chi connectivity index (χ4n) is 2.71. The molecule has 1 atom stereocenters. The van der Waals surface area contributed by atoms with E-state index in [9.17, 15) is 9.59 Å². The van der Waals surface area contributed by atoms with Crippen LogP contribution in [0.5, 0.6) is 0 Å². The normalized spacial score (nSPS) is 11.8. The number of halogens is 3. The summed E-state index contributed by atoms with van der Waals surface area (Å²) in [5, 5.41) is 4.30. The first-order valence-electron chi connectivity index (χ1n) is 9.15. The highest BCUT2D eigenvalue weighted by Gasteiger charge is 2.25. The second kappa shape index (κ2) is 11.7. The lowest BCUT2D eigenvalue weighted by atomic mass is 10.1. The van der Waals surface area contributed by atoms with Crippen molar-refractivity contribution in [2.75, 3.05) is 12.3 Å². The third-order valence-electron chi connectivity index (χ3n) is 4.24. The maximum atomic E-state index is 12.9.